The Labute approximate surface area is 111 Å². The zero-order valence-corrected chi connectivity index (χ0v) is 9.86. The summed E-state index contributed by atoms with van der Waals surface area (Å²) in [4.78, 5) is 32.7. The monoisotopic (exact) mass is 276 g/mol. The maximum atomic E-state index is 11.9. The predicted molar refractivity (Wildman–Crippen MR) is 66.6 cm³/mol. The fourth-order valence-corrected chi connectivity index (χ4v) is 1.50. The lowest BCUT2D eigenvalue weighted by Crippen LogP contribution is -2.14. The van der Waals surface area contributed by atoms with Crippen molar-refractivity contribution in [3.63, 3.8) is 0 Å². The number of hydrogen-bond acceptors (Lipinski definition) is 5. The van der Waals surface area contributed by atoms with Gasteiger partial charge in [-0.3, -0.25) is 20.0 Å². The molecular weight excluding hydrogens is 268 g/mol. The minimum absolute atomic E-state index is 0.0194. The molecule has 0 aliphatic rings. The number of aromatic nitrogens is 2. The zero-order chi connectivity index (χ0) is 14.7. The van der Waals surface area contributed by atoms with Crippen molar-refractivity contribution in [3.05, 3.63) is 51.8 Å². The molecule has 2 aromatic rings. The van der Waals surface area contributed by atoms with Crippen molar-refractivity contribution in [2.24, 2.45) is 0 Å². The molecule has 0 saturated heterocycles. The van der Waals surface area contributed by atoms with Crippen molar-refractivity contribution in [2.45, 2.75) is 0 Å². The number of nitrogens with zero attached hydrogens (tertiary/aromatic N) is 2. The third-order valence-corrected chi connectivity index (χ3v) is 2.42. The number of carbonyl (C=O) groups excluding carboxylic acids is 1. The van der Waals surface area contributed by atoms with Gasteiger partial charge >= 0.3 is 5.97 Å². The molecule has 1 amide bonds. The molecule has 0 aliphatic heterocycles. The van der Waals surface area contributed by atoms with E-state index in [9.17, 15) is 19.7 Å². The molecule has 0 unspecified atom stereocenters. The number of non-ortho nitro benzene ring substituents is 1. The van der Waals surface area contributed by atoms with Crippen LogP contribution in [0.2, 0.25) is 0 Å². The van der Waals surface area contributed by atoms with Gasteiger partial charge in [0.05, 0.1) is 16.8 Å². The van der Waals surface area contributed by atoms with E-state index in [-0.39, 0.29) is 22.6 Å². The predicted octanol–water partition coefficient (Wildman–Crippen LogP) is 1.27. The Kier molecular flexibility index (Phi) is 3.42. The summed E-state index contributed by atoms with van der Waals surface area (Å²) in [5.41, 5.74) is -0.488. The van der Waals surface area contributed by atoms with Crippen molar-refractivity contribution in [1.82, 2.24) is 10.2 Å². The van der Waals surface area contributed by atoms with Gasteiger partial charge in [0.25, 0.3) is 11.6 Å². The molecule has 9 nitrogen and oxygen atoms in total. The number of carbonyl (C=O) groups is 2. The maximum Gasteiger partial charge on any atom is 0.356 e. The van der Waals surface area contributed by atoms with Crippen LogP contribution in [0.1, 0.15) is 20.8 Å². The highest BCUT2D eigenvalue weighted by molar-refractivity contribution is 6.07. The van der Waals surface area contributed by atoms with Gasteiger partial charge in [-0.15, -0.1) is 0 Å². The number of amides is 1. The molecule has 102 valence electrons. The lowest BCUT2D eigenvalue weighted by Gasteiger charge is -2.03. The van der Waals surface area contributed by atoms with Gasteiger partial charge in [-0.05, 0) is 6.07 Å². The molecular formula is C11H8N4O5. The van der Waals surface area contributed by atoms with E-state index in [4.69, 9.17) is 5.11 Å². The molecule has 3 N–H and O–H groups in total. The SMILES string of the molecule is O=C(Nc1cn[nH]c1C(=O)O)c1cccc([N+](=O)[O-])c1. The van der Waals surface area contributed by atoms with E-state index in [0.29, 0.717) is 0 Å². The summed E-state index contributed by atoms with van der Waals surface area (Å²) in [6.45, 7) is 0. The minimum atomic E-state index is -1.28. The molecule has 2 rings (SSSR count). The molecule has 0 atom stereocenters. The molecule has 0 spiro atoms. The van der Waals surface area contributed by atoms with Crippen LogP contribution in [0.5, 0.6) is 0 Å². The first-order valence-corrected chi connectivity index (χ1v) is 5.31. The number of nitro groups is 1. The van der Waals surface area contributed by atoms with Crippen LogP contribution in [0.4, 0.5) is 11.4 Å². The van der Waals surface area contributed by atoms with Gasteiger partial charge in [0, 0.05) is 17.7 Å². The van der Waals surface area contributed by atoms with Crippen molar-refractivity contribution in [1.29, 1.82) is 0 Å². The largest absolute Gasteiger partial charge is 0.476 e. The van der Waals surface area contributed by atoms with Gasteiger partial charge in [-0.1, -0.05) is 6.07 Å². The molecule has 1 aromatic heterocycles. The average molecular weight is 276 g/mol. The standard InChI is InChI=1S/C11H8N4O5/c16-10(6-2-1-3-7(4-6)15(19)20)13-8-5-12-14-9(8)11(17)18/h1-5H,(H,12,14)(H,13,16)(H,17,18). The zero-order valence-electron chi connectivity index (χ0n) is 9.86. The lowest BCUT2D eigenvalue weighted by atomic mass is 10.2. The van der Waals surface area contributed by atoms with E-state index < -0.39 is 16.8 Å². The van der Waals surface area contributed by atoms with Gasteiger partial charge in [0.1, 0.15) is 0 Å². The van der Waals surface area contributed by atoms with Gasteiger partial charge < -0.3 is 10.4 Å². The third-order valence-electron chi connectivity index (χ3n) is 2.42. The number of aromatic carboxylic acids is 1. The van der Waals surface area contributed by atoms with Gasteiger partial charge in [0.2, 0.25) is 0 Å². The van der Waals surface area contributed by atoms with E-state index in [2.05, 4.69) is 15.5 Å². The number of aromatic amines is 1. The van der Waals surface area contributed by atoms with Crippen LogP contribution < -0.4 is 5.32 Å². The highest BCUT2D eigenvalue weighted by atomic mass is 16.6. The summed E-state index contributed by atoms with van der Waals surface area (Å²) >= 11 is 0. The Balaban J connectivity index is 2.24. The van der Waals surface area contributed by atoms with Gasteiger partial charge in [-0.25, -0.2) is 4.79 Å². The average Bonchev–Trinajstić information content (AvgIpc) is 2.87. The second-order valence-corrected chi connectivity index (χ2v) is 3.73. The van der Waals surface area contributed by atoms with Crippen LogP contribution in [-0.4, -0.2) is 32.1 Å². The van der Waals surface area contributed by atoms with Crippen molar-refractivity contribution in [2.75, 3.05) is 5.32 Å². The van der Waals surface area contributed by atoms with Crippen LogP contribution in [0, 0.1) is 10.1 Å². The number of nitro benzene ring substituents is 1. The Bertz CT molecular complexity index is 694. The van der Waals surface area contributed by atoms with Crippen LogP contribution >= 0.6 is 0 Å². The van der Waals surface area contributed by atoms with Crippen LogP contribution in [-0.2, 0) is 0 Å². The molecule has 0 radical (unpaired) electrons. The summed E-state index contributed by atoms with van der Waals surface area (Å²) in [6.07, 6.45) is 1.14. The number of carboxylic acids is 1. The first-order chi connectivity index (χ1) is 9.49. The number of nitrogens with one attached hydrogen (secondary N) is 2. The summed E-state index contributed by atoms with van der Waals surface area (Å²) < 4.78 is 0. The quantitative estimate of drug-likeness (QED) is 0.567. The van der Waals surface area contributed by atoms with Crippen molar-refractivity contribution < 1.29 is 19.6 Å². The van der Waals surface area contributed by atoms with Crippen LogP contribution in [0.25, 0.3) is 0 Å². The third kappa shape index (κ3) is 2.61. The summed E-state index contributed by atoms with van der Waals surface area (Å²) in [7, 11) is 0. The number of hydrogen-bond donors (Lipinski definition) is 3. The fourth-order valence-electron chi connectivity index (χ4n) is 1.50. The van der Waals surface area contributed by atoms with Gasteiger partial charge in [-0.2, -0.15) is 5.10 Å². The molecule has 0 saturated carbocycles. The Hall–Kier alpha value is -3.23. The highest BCUT2D eigenvalue weighted by Crippen LogP contribution is 2.16. The lowest BCUT2D eigenvalue weighted by molar-refractivity contribution is -0.384. The number of H-pyrrole nitrogens is 1. The molecule has 0 aliphatic carbocycles. The summed E-state index contributed by atoms with van der Waals surface area (Å²) in [5.74, 6) is -1.95. The molecule has 20 heavy (non-hydrogen) atoms. The molecule has 0 fully saturated rings. The second kappa shape index (κ2) is 5.18. The molecule has 1 heterocycles. The van der Waals surface area contributed by atoms with E-state index in [1.165, 1.54) is 18.2 Å². The minimum Gasteiger partial charge on any atom is -0.476 e. The highest BCUT2D eigenvalue weighted by Gasteiger charge is 2.17. The van der Waals surface area contributed by atoms with E-state index in [1.807, 2.05) is 0 Å². The summed E-state index contributed by atoms with van der Waals surface area (Å²) in [6, 6.07) is 5.08. The molecule has 9 heteroatoms. The first kappa shape index (κ1) is 13.2. The first-order valence-electron chi connectivity index (χ1n) is 5.31. The summed E-state index contributed by atoms with van der Waals surface area (Å²) in [5, 5.41) is 27.5. The molecule has 1 aromatic carbocycles. The maximum absolute atomic E-state index is 11.9. The Morgan fingerprint density at radius 2 is 2.15 bits per heavy atom. The number of anilines is 1. The smallest absolute Gasteiger partial charge is 0.356 e. The number of benzene rings is 1. The second-order valence-electron chi connectivity index (χ2n) is 3.73. The van der Waals surface area contributed by atoms with E-state index in [0.717, 1.165) is 12.3 Å². The van der Waals surface area contributed by atoms with E-state index in [1.54, 1.807) is 0 Å². The Morgan fingerprint density at radius 3 is 2.80 bits per heavy atom. The van der Waals surface area contributed by atoms with Crippen molar-refractivity contribution in [3.8, 4) is 0 Å². The number of carboxylic acid groups (broad SMARTS) is 1. The Morgan fingerprint density at radius 1 is 1.40 bits per heavy atom. The normalized spacial score (nSPS) is 10.0. The van der Waals surface area contributed by atoms with Crippen LogP contribution in [0.3, 0.4) is 0 Å². The number of rotatable bonds is 4. The van der Waals surface area contributed by atoms with E-state index >= 15 is 0 Å². The molecule has 0 bridgehead atoms. The fraction of sp³-hybridized carbons (Fsp3) is 0. The van der Waals surface area contributed by atoms with Crippen molar-refractivity contribution >= 4 is 23.3 Å². The van der Waals surface area contributed by atoms with Gasteiger partial charge in [0.15, 0.2) is 5.69 Å². The van der Waals surface area contributed by atoms with Crippen LogP contribution in [0.15, 0.2) is 30.5 Å². The topological polar surface area (TPSA) is 138 Å².